The van der Waals surface area contributed by atoms with Gasteiger partial charge in [0.25, 0.3) is 0 Å². The van der Waals surface area contributed by atoms with E-state index in [4.69, 9.17) is 4.52 Å². The summed E-state index contributed by atoms with van der Waals surface area (Å²) in [4.78, 5) is 4.63. The zero-order valence-electron chi connectivity index (χ0n) is 16.4. The van der Waals surface area contributed by atoms with Crippen molar-refractivity contribution >= 4 is 29.9 Å². The summed E-state index contributed by atoms with van der Waals surface area (Å²) in [7, 11) is 0. The number of aliphatic hydroxyl groups excluding tert-OH is 1. The van der Waals surface area contributed by atoms with Gasteiger partial charge in [0.2, 0.25) is 0 Å². The third kappa shape index (κ3) is 7.06. The van der Waals surface area contributed by atoms with Gasteiger partial charge in [-0.2, -0.15) is 0 Å². The molecule has 3 N–H and O–H groups in total. The maximum atomic E-state index is 9.46. The van der Waals surface area contributed by atoms with E-state index < -0.39 is 0 Å². The van der Waals surface area contributed by atoms with Crippen molar-refractivity contribution in [1.29, 1.82) is 0 Å². The minimum Gasteiger partial charge on any atom is -0.396 e. The molecule has 150 valence electrons. The highest BCUT2D eigenvalue weighted by Crippen LogP contribution is 2.38. The number of nitrogens with one attached hydrogen (secondary N) is 2. The number of hydrogen-bond acceptors (Lipinski definition) is 4. The monoisotopic (exact) mass is 478 g/mol. The summed E-state index contributed by atoms with van der Waals surface area (Å²) < 4.78 is 5.36. The quantitative estimate of drug-likeness (QED) is 0.301. The Morgan fingerprint density at radius 1 is 1.31 bits per heavy atom. The zero-order chi connectivity index (χ0) is 18.1. The van der Waals surface area contributed by atoms with Crippen LogP contribution in [-0.2, 0) is 6.54 Å². The Bertz CT molecular complexity index is 534. The van der Waals surface area contributed by atoms with Crippen LogP contribution in [-0.4, -0.2) is 35.9 Å². The SMILES string of the molecule is CCNC(=NCc1cc(C(C)C)no1)NCC1(CCO)CCCCC1.I. The first-order valence-corrected chi connectivity index (χ1v) is 9.67. The number of rotatable bonds is 8. The first kappa shape index (κ1) is 23.2. The van der Waals surface area contributed by atoms with E-state index in [9.17, 15) is 5.11 Å². The largest absolute Gasteiger partial charge is 0.396 e. The van der Waals surface area contributed by atoms with Gasteiger partial charge in [0.05, 0.1) is 5.69 Å². The molecule has 0 aromatic carbocycles. The molecule has 1 saturated carbocycles. The van der Waals surface area contributed by atoms with Gasteiger partial charge in [-0.25, -0.2) is 4.99 Å². The Kier molecular flexibility index (Phi) is 10.5. The van der Waals surface area contributed by atoms with Crippen molar-refractivity contribution in [3.05, 3.63) is 17.5 Å². The van der Waals surface area contributed by atoms with Crippen LogP contribution < -0.4 is 10.6 Å². The highest BCUT2D eigenvalue weighted by Gasteiger charge is 2.31. The second kappa shape index (κ2) is 11.8. The van der Waals surface area contributed by atoms with Crippen molar-refractivity contribution in [2.45, 2.75) is 71.8 Å². The number of guanidine groups is 1. The van der Waals surface area contributed by atoms with Crippen LogP contribution in [0.4, 0.5) is 0 Å². The lowest BCUT2D eigenvalue weighted by Gasteiger charge is -2.37. The molecular weight excluding hydrogens is 443 g/mol. The molecular formula is C19H35IN4O2. The summed E-state index contributed by atoms with van der Waals surface area (Å²) in [5.41, 5.74) is 1.16. The van der Waals surface area contributed by atoms with Gasteiger partial charge in [0.1, 0.15) is 6.54 Å². The fourth-order valence-electron chi connectivity index (χ4n) is 3.50. The number of nitrogens with zero attached hydrogens (tertiary/aromatic N) is 2. The minimum atomic E-state index is 0. The maximum Gasteiger partial charge on any atom is 0.191 e. The molecule has 7 heteroatoms. The molecule has 0 bridgehead atoms. The summed E-state index contributed by atoms with van der Waals surface area (Å²) in [5.74, 6) is 1.94. The molecule has 0 atom stereocenters. The normalized spacial score (nSPS) is 17.0. The van der Waals surface area contributed by atoms with Gasteiger partial charge in [-0.1, -0.05) is 38.3 Å². The Morgan fingerprint density at radius 2 is 2.04 bits per heavy atom. The Labute approximate surface area is 174 Å². The van der Waals surface area contributed by atoms with E-state index in [1.807, 2.05) is 6.07 Å². The molecule has 1 heterocycles. The standard InChI is InChI=1S/C19H34N4O2.HI/c1-4-20-18(21-13-16-12-17(15(2)3)23-25-16)22-14-19(10-11-24)8-6-5-7-9-19;/h12,15,24H,4-11,13-14H2,1-3H3,(H2,20,21,22);1H. The molecule has 1 aliphatic carbocycles. The molecule has 0 amide bonds. The molecule has 0 radical (unpaired) electrons. The van der Waals surface area contributed by atoms with Crippen molar-refractivity contribution in [1.82, 2.24) is 15.8 Å². The van der Waals surface area contributed by atoms with Gasteiger partial charge in [-0.15, -0.1) is 24.0 Å². The minimum absolute atomic E-state index is 0. The van der Waals surface area contributed by atoms with E-state index in [2.05, 4.69) is 41.6 Å². The smallest absolute Gasteiger partial charge is 0.191 e. The summed E-state index contributed by atoms with van der Waals surface area (Å²) in [6, 6.07) is 1.98. The van der Waals surface area contributed by atoms with Gasteiger partial charge < -0.3 is 20.3 Å². The number of aliphatic imine (C=N–C) groups is 1. The van der Waals surface area contributed by atoms with Crippen molar-refractivity contribution in [2.24, 2.45) is 10.4 Å². The van der Waals surface area contributed by atoms with E-state index in [1.165, 1.54) is 32.1 Å². The molecule has 2 rings (SSSR count). The van der Waals surface area contributed by atoms with E-state index in [1.54, 1.807) is 0 Å². The molecule has 26 heavy (non-hydrogen) atoms. The summed E-state index contributed by atoms with van der Waals surface area (Å²) in [5, 5.41) is 20.3. The van der Waals surface area contributed by atoms with Crippen molar-refractivity contribution in [2.75, 3.05) is 19.7 Å². The van der Waals surface area contributed by atoms with Crippen LogP contribution in [0.1, 0.15) is 76.7 Å². The van der Waals surface area contributed by atoms with Crippen LogP contribution in [0.25, 0.3) is 0 Å². The fraction of sp³-hybridized carbons (Fsp3) is 0.789. The number of hydrogen-bond donors (Lipinski definition) is 3. The third-order valence-corrected chi connectivity index (χ3v) is 5.09. The lowest BCUT2D eigenvalue weighted by Crippen LogP contribution is -2.44. The van der Waals surface area contributed by atoms with Gasteiger partial charge in [0.15, 0.2) is 11.7 Å². The van der Waals surface area contributed by atoms with Crippen molar-refractivity contribution < 1.29 is 9.63 Å². The predicted molar refractivity (Wildman–Crippen MR) is 116 cm³/mol. The van der Waals surface area contributed by atoms with Crippen LogP contribution in [0.2, 0.25) is 0 Å². The lowest BCUT2D eigenvalue weighted by molar-refractivity contribution is 0.131. The summed E-state index contributed by atoms with van der Waals surface area (Å²) >= 11 is 0. The highest BCUT2D eigenvalue weighted by molar-refractivity contribution is 14.0. The molecule has 1 aromatic heterocycles. The average Bonchev–Trinajstić information content (AvgIpc) is 3.08. The molecule has 1 aromatic rings. The second-order valence-electron chi connectivity index (χ2n) is 7.46. The fourth-order valence-corrected chi connectivity index (χ4v) is 3.50. The maximum absolute atomic E-state index is 9.46. The van der Waals surface area contributed by atoms with Gasteiger partial charge in [-0.05, 0) is 37.5 Å². The van der Waals surface area contributed by atoms with Crippen LogP contribution in [0.15, 0.2) is 15.6 Å². The van der Waals surface area contributed by atoms with E-state index in [0.717, 1.165) is 36.9 Å². The molecule has 0 aliphatic heterocycles. The van der Waals surface area contributed by atoms with Gasteiger partial charge in [-0.3, -0.25) is 0 Å². The zero-order valence-corrected chi connectivity index (χ0v) is 18.7. The lowest BCUT2D eigenvalue weighted by atomic mass is 9.72. The highest BCUT2D eigenvalue weighted by atomic mass is 127. The number of halogens is 1. The van der Waals surface area contributed by atoms with Gasteiger partial charge in [0, 0.05) is 25.8 Å². The Morgan fingerprint density at radius 3 is 2.62 bits per heavy atom. The number of aliphatic hydroxyl groups is 1. The topological polar surface area (TPSA) is 82.7 Å². The van der Waals surface area contributed by atoms with Crippen LogP contribution in [0, 0.1) is 5.41 Å². The Balaban J connectivity index is 0.00000338. The van der Waals surface area contributed by atoms with E-state index in [-0.39, 0.29) is 36.0 Å². The van der Waals surface area contributed by atoms with E-state index >= 15 is 0 Å². The van der Waals surface area contributed by atoms with Crippen LogP contribution in [0.5, 0.6) is 0 Å². The molecule has 0 saturated heterocycles. The summed E-state index contributed by atoms with van der Waals surface area (Å²) in [6.07, 6.45) is 7.04. The average molecular weight is 478 g/mol. The first-order chi connectivity index (χ1) is 12.1. The van der Waals surface area contributed by atoms with E-state index in [0.29, 0.717) is 12.5 Å². The van der Waals surface area contributed by atoms with Crippen LogP contribution in [0.3, 0.4) is 0 Å². The number of aromatic nitrogens is 1. The first-order valence-electron chi connectivity index (χ1n) is 9.67. The summed E-state index contributed by atoms with van der Waals surface area (Å²) in [6.45, 7) is 8.65. The molecule has 1 aliphatic rings. The Hall–Kier alpha value is -0.830. The molecule has 0 spiro atoms. The van der Waals surface area contributed by atoms with Crippen LogP contribution >= 0.6 is 24.0 Å². The predicted octanol–water partition coefficient (Wildman–Crippen LogP) is 3.80. The molecule has 0 unspecified atom stereocenters. The second-order valence-corrected chi connectivity index (χ2v) is 7.46. The molecule has 6 nitrogen and oxygen atoms in total. The van der Waals surface area contributed by atoms with Crippen molar-refractivity contribution in [3.63, 3.8) is 0 Å². The molecule has 1 fully saturated rings. The third-order valence-electron chi connectivity index (χ3n) is 5.09. The van der Waals surface area contributed by atoms with Gasteiger partial charge >= 0.3 is 0 Å². The van der Waals surface area contributed by atoms with Crippen molar-refractivity contribution in [3.8, 4) is 0 Å².